The summed E-state index contributed by atoms with van der Waals surface area (Å²) in [5, 5.41) is 13.4. The quantitative estimate of drug-likeness (QED) is 0.0859. The van der Waals surface area contributed by atoms with Crippen molar-refractivity contribution in [3.05, 3.63) is 95.7 Å². The predicted octanol–water partition coefficient (Wildman–Crippen LogP) is 8.21. The average molecular weight is 969 g/mol. The highest BCUT2D eigenvalue weighted by Gasteiger charge is 2.68. The molecule has 4 bridgehead atoms. The highest BCUT2D eigenvalue weighted by molar-refractivity contribution is 5.99. The molecule has 25 heteroatoms. The standard InChI is InChI=1S/C44H40F8N12O5/c1-23-59-62-37(69-23)42-13-5-4-11-40(22-42,64(42)39(68)58-27-8-10-32(44(50,51)52)30(15-27)35-55-20-25(46)21-56-35)17-33(65)60-61-36(66)41-12-3-2-6-28(16-41)63(41)38(67)57-26-7-9-31(43(47,48)49)29(14-26)34-53-18-24(45)19-54-34/h7-10,14-15,18-21,28H,2-6,11-13,16-17,22H2,1H3,(H,57,67)(H,58,68)(H,60,65)(H,61,66)/t28?,40-,41?,42-/m1/s1. The molecule has 3 aromatic heterocycles. The molecule has 2 saturated heterocycles. The van der Waals surface area contributed by atoms with Gasteiger partial charge in [0, 0.05) is 48.3 Å². The number of alkyl halides is 6. The third-order valence-corrected chi connectivity index (χ3v) is 13.2. The summed E-state index contributed by atoms with van der Waals surface area (Å²) in [6.45, 7) is 1.55. The first kappa shape index (κ1) is 46.8. The average Bonchev–Trinajstić information content (AvgIpc) is 3.44. The number of nitrogens with zero attached hydrogens (tertiary/aromatic N) is 8. The van der Waals surface area contributed by atoms with Crippen molar-refractivity contribution in [1.82, 2.24) is 50.8 Å². The molecule has 2 aliphatic carbocycles. The molecule has 362 valence electrons. The number of amides is 6. The maximum absolute atomic E-state index is 14.6. The van der Waals surface area contributed by atoms with Crippen molar-refractivity contribution in [2.24, 2.45) is 0 Å². The van der Waals surface area contributed by atoms with E-state index in [9.17, 15) is 54.3 Å². The molecule has 6 amide bonds. The van der Waals surface area contributed by atoms with Crippen molar-refractivity contribution < 1.29 is 58.7 Å². The van der Waals surface area contributed by atoms with Gasteiger partial charge in [-0.1, -0.05) is 25.7 Å². The third kappa shape index (κ3) is 8.61. The van der Waals surface area contributed by atoms with E-state index < -0.39 is 104 Å². The van der Waals surface area contributed by atoms with Crippen molar-refractivity contribution >= 4 is 35.3 Å². The smallest absolute Gasteiger partial charge is 0.417 e. The zero-order valence-corrected chi connectivity index (χ0v) is 36.3. The summed E-state index contributed by atoms with van der Waals surface area (Å²) in [4.78, 5) is 74.2. The topological polar surface area (TPSA) is 213 Å². The van der Waals surface area contributed by atoms with Gasteiger partial charge in [-0.3, -0.25) is 20.4 Å². The number of carbonyl (C=O) groups is 4. The van der Waals surface area contributed by atoms with E-state index in [0.717, 1.165) is 36.4 Å². The molecule has 2 aromatic carbocycles. The van der Waals surface area contributed by atoms with Crippen LogP contribution in [-0.4, -0.2) is 80.9 Å². The normalized spacial score (nSPS) is 23.1. The van der Waals surface area contributed by atoms with E-state index in [4.69, 9.17) is 4.42 Å². The van der Waals surface area contributed by atoms with Crippen LogP contribution in [0.2, 0.25) is 0 Å². The maximum atomic E-state index is 14.6. The Balaban J connectivity index is 0.937. The lowest BCUT2D eigenvalue weighted by atomic mass is 9.65. The van der Waals surface area contributed by atoms with E-state index in [2.05, 4.69) is 51.6 Å². The van der Waals surface area contributed by atoms with Crippen LogP contribution >= 0.6 is 0 Å². The zero-order chi connectivity index (χ0) is 49.1. The first-order valence-electron chi connectivity index (χ1n) is 21.7. The molecule has 17 nitrogen and oxygen atoms in total. The van der Waals surface area contributed by atoms with Gasteiger partial charge in [-0.05, 0) is 62.1 Å². The van der Waals surface area contributed by atoms with Crippen LogP contribution in [0.4, 0.5) is 56.1 Å². The zero-order valence-electron chi connectivity index (χ0n) is 36.3. The number of anilines is 2. The van der Waals surface area contributed by atoms with Crippen molar-refractivity contribution in [3.8, 4) is 22.8 Å². The van der Waals surface area contributed by atoms with Crippen LogP contribution in [-0.2, 0) is 27.5 Å². The number of benzene rings is 2. The summed E-state index contributed by atoms with van der Waals surface area (Å²) in [5.41, 5.74) is -2.61. The van der Waals surface area contributed by atoms with E-state index in [1.807, 2.05) is 0 Å². The van der Waals surface area contributed by atoms with E-state index in [0.29, 0.717) is 63.3 Å². The van der Waals surface area contributed by atoms with E-state index in [1.165, 1.54) is 9.80 Å². The number of hydrogen-bond donors (Lipinski definition) is 4. The largest absolute Gasteiger partial charge is 0.423 e. The van der Waals surface area contributed by atoms with E-state index >= 15 is 0 Å². The second-order valence-electron chi connectivity index (χ2n) is 17.6. The number of hydrogen-bond acceptors (Lipinski definition) is 11. The van der Waals surface area contributed by atoms with Gasteiger partial charge >= 0.3 is 24.4 Å². The van der Waals surface area contributed by atoms with Gasteiger partial charge in [-0.2, -0.15) is 26.3 Å². The van der Waals surface area contributed by atoms with Gasteiger partial charge in [0.05, 0.1) is 47.9 Å². The molecule has 4 aliphatic rings. The molecule has 0 spiro atoms. The molecular formula is C44H40F8N12O5. The molecule has 0 radical (unpaired) electrons. The Morgan fingerprint density at radius 1 is 0.725 bits per heavy atom. The predicted molar refractivity (Wildman–Crippen MR) is 224 cm³/mol. The molecule has 5 aromatic rings. The number of aryl methyl sites for hydroxylation is 1. The fraction of sp³-hybridized carbons (Fsp3) is 0.409. The van der Waals surface area contributed by atoms with Crippen LogP contribution in [0.1, 0.15) is 93.5 Å². The van der Waals surface area contributed by atoms with Crippen molar-refractivity contribution in [1.29, 1.82) is 0 Å². The summed E-state index contributed by atoms with van der Waals surface area (Å²) < 4.78 is 118. The van der Waals surface area contributed by atoms with Gasteiger partial charge in [0.2, 0.25) is 17.7 Å². The monoisotopic (exact) mass is 968 g/mol. The Morgan fingerprint density at radius 3 is 1.83 bits per heavy atom. The Bertz CT molecular complexity index is 2830. The van der Waals surface area contributed by atoms with Crippen LogP contribution in [0.3, 0.4) is 0 Å². The Labute approximate surface area is 385 Å². The number of likely N-dealkylation sites (tertiary alicyclic amines) is 2. The number of halogens is 8. The number of aromatic nitrogens is 6. The number of rotatable bonds is 8. The summed E-state index contributed by atoms with van der Waals surface area (Å²) in [6.07, 6.45) is -3.39. The number of fused-ring (bicyclic) bond motifs is 4. The molecule has 69 heavy (non-hydrogen) atoms. The molecule has 9 rings (SSSR count). The molecule has 4 atom stereocenters. The third-order valence-electron chi connectivity index (χ3n) is 13.2. The first-order chi connectivity index (χ1) is 32.7. The molecular weight excluding hydrogens is 929 g/mol. The van der Waals surface area contributed by atoms with Gasteiger partial charge in [-0.25, -0.2) is 38.3 Å². The van der Waals surface area contributed by atoms with Crippen LogP contribution in [0, 0.1) is 18.6 Å². The molecule has 4 fully saturated rings. The maximum Gasteiger partial charge on any atom is 0.417 e. The molecule has 5 heterocycles. The minimum absolute atomic E-state index is 0.0795. The number of nitrogens with one attached hydrogen (secondary N) is 4. The van der Waals surface area contributed by atoms with Crippen LogP contribution in [0.5, 0.6) is 0 Å². The minimum atomic E-state index is -4.88. The SMILES string of the molecule is Cc1nnc([C@@]23CCCC[C@@](CC(=O)NNC(=O)C45CCCCC(C4)N5C(=O)Nc4ccc(C(F)(F)F)c(-c5ncc(F)cn5)c4)(C2)N3C(=O)Nc2ccc(C(F)(F)F)c(-c3ncc(F)cn3)c2)o1. The highest BCUT2D eigenvalue weighted by atomic mass is 19.4. The Kier molecular flexibility index (Phi) is 11.7. The number of hydrazine groups is 1. The fourth-order valence-electron chi connectivity index (χ4n) is 10.4. The Hall–Kier alpha value is -7.34. The summed E-state index contributed by atoms with van der Waals surface area (Å²) in [6, 6.07) is 3.45. The van der Waals surface area contributed by atoms with Gasteiger partial charge in [0.25, 0.3) is 5.91 Å². The summed E-state index contributed by atoms with van der Waals surface area (Å²) in [7, 11) is 0. The Morgan fingerprint density at radius 2 is 1.28 bits per heavy atom. The van der Waals surface area contributed by atoms with Gasteiger partial charge in [0.1, 0.15) is 11.1 Å². The lowest BCUT2D eigenvalue weighted by Crippen LogP contribution is -2.75. The van der Waals surface area contributed by atoms with Crippen molar-refractivity contribution in [2.75, 3.05) is 10.6 Å². The van der Waals surface area contributed by atoms with Gasteiger partial charge in [-0.15, -0.1) is 10.2 Å². The lowest BCUT2D eigenvalue weighted by molar-refractivity contribution is -0.151. The summed E-state index contributed by atoms with van der Waals surface area (Å²) in [5.74, 6) is -3.86. The van der Waals surface area contributed by atoms with Crippen LogP contribution < -0.4 is 21.5 Å². The number of urea groups is 2. The lowest BCUT2D eigenvalue weighted by Gasteiger charge is -2.62. The fourth-order valence-corrected chi connectivity index (χ4v) is 10.4. The van der Waals surface area contributed by atoms with E-state index in [1.54, 1.807) is 6.92 Å². The second kappa shape index (κ2) is 17.3. The van der Waals surface area contributed by atoms with Gasteiger partial charge < -0.3 is 24.9 Å². The van der Waals surface area contributed by atoms with Crippen molar-refractivity contribution in [2.45, 2.75) is 113 Å². The van der Waals surface area contributed by atoms with Crippen LogP contribution in [0.25, 0.3) is 22.8 Å². The first-order valence-corrected chi connectivity index (χ1v) is 21.7. The molecule has 2 aliphatic heterocycles. The van der Waals surface area contributed by atoms with Crippen LogP contribution in [0.15, 0.2) is 65.6 Å². The summed E-state index contributed by atoms with van der Waals surface area (Å²) >= 11 is 0. The van der Waals surface area contributed by atoms with Crippen molar-refractivity contribution in [3.63, 3.8) is 0 Å². The van der Waals surface area contributed by atoms with Gasteiger partial charge in [0.15, 0.2) is 23.3 Å². The number of carbonyl (C=O) groups excluding carboxylic acids is 4. The second-order valence-corrected chi connectivity index (χ2v) is 17.6. The molecule has 2 unspecified atom stereocenters. The molecule has 2 saturated carbocycles. The minimum Gasteiger partial charge on any atom is -0.423 e. The molecule has 4 N–H and O–H groups in total. The van der Waals surface area contributed by atoms with E-state index in [-0.39, 0.29) is 55.3 Å². The highest BCUT2D eigenvalue weighted by Crippen LogP contribution is 2.60.